The molecule has 1 aromatic rings. The number of methoxy groups -OCH3 is 1. The average molecular weight is 261 g/mol. The molecular weight excluding hydrogens is 242 g/mol. The van der Waals surface area contributed by atoms with Gasteiger partial charge in [-0.15, -0.1) is 0 Å². The number of hydrogen-bond acceptors (Lipinski definition) is 3. The number of nitrogens with zero attached hydrogens (tertiary/aromatic N) is 1. The lowest BCUT2D eigenvalue weighted by Crippen LogP contribution is -2.35. The minimum absolute atomic E-state index is 0.0315. The summed E-state index contributed by atoms with van der Waals surface area (Å²) in [5, 5.41) is 0. The van der Waals surface area contributed by atoms with E-state index in [1.807, 2.05) is 25.1 Å². The summed E-state index contributed by atoms with van der Waals surface area (Å²) in [6.45, 7) is 3.29. The molecule has 0 aromatic heterocycles. The number of rotatable bonds is 4. The van der Waals surface area contributed by atoms with Crippen molar-refractivity contribution in [3.05, 3.63) is 29.3 Å². The third-order valence-electron chi connectivity index (χ3n) is 3.73. The molecule has 1 saturated heterocycles. The van der Waals surface area contributed by atoms with Crippen LogP contribution in [0.25, 0.3) is 0 Å². The summed E-state index contributed by atoms with van der Waals surface area (Å²) in [5.74, 6) is 1.01. The zero-order valence-corrected chi connectivity index (χ0v) is 11.4. The van der Waals surface area contributed by atoms with Crippen LogP contribution in [0.15, 0.2) is 18.2 Å². The first kappa shape index (κ1) is 13.6. The van der Waals surface area contributed by atoms with E-state index in [-0.39, 0.29) is 11.7 Å². The van der Waals surface area contributed by atoms with E-state index in [0.717, 1.165) is 36.1 Å². The van der Waals surface area contributed by atoms with Crippen LogP contribution in [0.5, 0.6) is 5.75 Å². The van der Waals surface area contributed by atoms with Gasteiger partial charge in [0.25, 0.3) is 0 Å². The number of amides is 1. The molecule has 0 N–H and O–H groups in total. The number of Topliss-reactive ketones (excluding diaryl/α,β-unsaturated/α-hetero) is 1. The molecule has 0 saturated carbocycles. The second kappa shape index (κ2) is 5.87. The predicted octanol–water partition coefficient (Wildman–Crippen LogP) is 2.05. The van der Waals surface area contributed by atoms with Crippen molar-refractivity contribution in [1.82, 2.24) is 4.90 Å². The van der Waals surface area contributed by atoms with Gasteiger partial charge in [-0.25, -0.2) is 0 Å². The smallest absolute Gasteiger partial charge is 0.209 e. The summed E-state index contributed by atoms with van der Waals surface area (Å²) in [6.07, 6.45) is 2.36. The third kappa shape index (κ3) is 2.95. The monoisotopic (exact) mass is 261 g/mol. The van der Waals surface area contributed by atoms with Gasteiger partial charge in [-0.2, -0.15) is 0 Å². The number of aryl methyl sites for hydroxylation is 1. The predicted molar refractivity (Wildman–Crippen MR) is 72.4 cm³/mol. The van der Waals surface area contributed by atoms with Gasteiger partial charge in [0, 0.05) is 24.6 Å². The molecule has 1 aliphatic heterocycles. The molecule has 1 heterocycles. The summed E-state index contributed by atoms with van der Waals surface area (Å²) < 4.78 is 5.20. The highest BCUT2D eigenvalue weighted by Crippen LogP contribution is 2.24. The zero-order chi connectivity index (χ0) is 13.8. The van der Waals surface area contributed by atoms with E-state index in [4.69, 9.17) is 4.74 Å². The van der Waals surface area contributed by atoms with Crippen LogP contribution in [-0.4, -0.2) is 37.3 Å². The summed E-state index contributed by atoms with van der Waals surface area (Å²) in [5.41, 5.74) is 1.71. The van der Waals surface area contributed by atoms with Gasteiger partial charge in [-0.3, -0.25) is 9.59 Å². The number of ether oxygens (including phenoxy) is 1. The maximum absolute atomic E-state index is 12.4. The molecule has 0 unspecified atom stereocenters. The molecule has 0 spiro atoms. The van der Waals surface area contributed by atoms with E-state index in [1.165, 1.54) is 0 Å². The lowest BCUT2D eigenvalue weighted by Gasteiger charge is -2.28. The molecule has 4 nitrogen and oxygen atoms in total. The molecule has 1 fully saturated rings. The highest BCUT2D eigenvalue weighted by atomic mass is 16.5. The fraction of sp³-hybridized carbons (Fsp3) is 0.467. The Morgan fingerprint density at radius 2 is 2.05 bits per heavy atom. The minimum Gasteiger partial charge on any atom is -0.496 e. The topological polar surface area (TPSA) is 46.6 Å². The molecule has 102 valence electrons. The Kier molecular flexibility index (Phi) is 4.20. The van der Waals surface area contributed by atoms with Crippen molar-refractivity contribution in [2.45, 2.75) is 19.8 Å². The molecule has 0 radical (unpaired) electrons. The summed E-state index contributed by atoms with van der Waals surface area (Å²) in [6, 6.07) is 5.54. The van der Waals surface area contributed by atoms with Crippen LogP contribution in [-0.2, 0) is 4.79 Å². The van der Waals surface area contributed by atoms with Crippen molar-refractivity contribution < 1.29 is 14.3 Å². The number of carbonyl (C=O) groups excluding carboxylic acids is 2. The lowest BCUT2D eigenvalue weighted by atomic mass is 9.88. The molecule has 4 heteroatoms. The Balaban J connectivity index is 2.08. The first-order valence-electron chi connectivity index (χ1n) is 6.54. The average Bonchev–Trinajstić information content (AvgIpc) is 2.46. The second-order valence-corrected chi connectivity index (χ2v) is 4.96. The molecule has 1 aromatic carbocycles. The largest absolute Gasteiger partial charge is 0.496 e. The van der Waals surface area contributed by atoms with Gasteiger partial charge >= 0.3 is 0 Å². The molecule has 2 rings (SSSR count). The van der Waals surface area contributed by atoms with Crippen LogP contribution in [0.4, 0.5) is 0 Å². The number of piperidine rings is 1. The number of hydrogen-bond donors (Lipinski definition) is 0. The van der Waals surface area contributed by atoms with Crippen molar-refractivity contribution >= 4 is 12.2 Å². The van der Waals surface area contributed by atoms with E-state index in [0.29, 0.717) is 13.1 Å². The first-order chi connectivity index (χ1) is 9.15. The van der Waals surface area contributed by atoms with Gasteiger partial charge in [-0.05, 0) is 43.5 Å². The van der Waals surface area contributed by atoms with Crippen molar-refractivity contribution in [1.29, 1.82) is 0 Å². The second-order valence-electron chi connectivity index (χ2n) is 4.96. The lowest BCUT2D eigenvalue weighted by molar-refractivity contribution is -0.119. The normalized spacial score (nSPS) is 16.2. The number of likely N-dealkylation sites (tertiary alicyclic amines) is 1. The fourth-order valence-electron chi connectivity index (χ4n) is 2.53. The number of ketones is 1. The quantitative estimate of drug-likeness (QED) is 0.615. The minimum atomic E-state index is 0.0315. The van der Waals surface area contributed by atoms with Crippen molar-refractivity contribution in [3.63, 3.8) is 0 Å². The summed E-state index contributed by atoms with van der Waals surface area (Å²) in [4.78, 5) is 24.8. The van der Waals surface area contributed by atoms with Crippen LogP contribution in [0.3, 0.4) is 0 Å². The summed E-state index contributed by atoms with van der Waals surface area (Å²) >= 11 is 0. The molecule has 0 atom stereocenters. The Hall–Kier alpha value is -1.84. The van der Waals surface area contributed by atoms with E-state index in [2.05, 4.69) is 0 Å². The van der Waals surface area contributed by atoms with Crippen molar-refractivity contribution in [2.24, 2.45) is 5.92 Å². The highest BCUT2D eigenvalue weighted by Gasteiger charge is 2.25. The van der Waals surface area contributed by atoms with Gasteiger partial charge in [0.05, 0.1) is 7.11 Å². The molecule has 0 bridgehead atoms. The van der Waals surface area contributed by atoms with Gasteiger partial charge in [0.1, 0.15) is 5.75 Å². The van der Waals surface area contributed by atoms with Crippen LogP contribution in [0.2, 0.25) is 0 Å². The van der Waals surface area contributed by atoms with E-state index in [1.54, 1.807) is 12.0 Å². The van der Waals surface area contributed by atoms with Crippen LogP contribution < -0.4 is 4.74 Å². The van der Waals surface area contributed by atoms with Gasteiger partial charge in [-0.1, -0.05) is 0 Å². The van der Waals surface area contributed by atoms with Gasteiger partial charge in [0.2, 0.25) is 6.41 Å². The number of benzene rings is 1. The summed E-state index contributed by atoms with van der Waals surface area (Å²) in [7, 11) is 1.62. The SMILES string of the molecule is COc1ccc(C(=O)C2CCN(C=O)CC2)cc1C. The van der Waals surface area contributed by atoms with Crippen LogP contribution >= 0.6 is 0 Å². The molecule has 19 heavy (non-hydrogen) atoms. The Morgan fingerprint density at radius 3 is 2.58 bits per heavy atom. The van der Waals surface area contributed by atoms with E-state index < -0.39 is 0 Å². The molecular formula is C15H19NO3. The Morgan fingerprint density at radius 1 is 1.37 bits per heavy atom. The Bertz CT molecular complexity index is 476. The molecule has 0 aliphatic carbocycles. The fourth-order valence-corrected chi connectivity index (χ4v) is 2.53. The number of carbonyl (C=O) groups is 2. The van der Waals surface area contributed by atoms with Gasteiger partial charge < -0.3 is 9.64 Å². The zero-order valence-electron chi connectivity index (χ0n) is 11.4. The third-order valence-corrected chi connectivity index (χ3v) is 3.73. The highest BCUT2D eigenvalue weighted by molar-refractivity contribution is 5.98. The van der Waals surface area contributed by atoms with Crippen LogP contribution in [0.1, 0.15) is 28.8 Å². The van der Waals surface area contributed by atoms with Gasteiger partial charge in [0.15, 0.2) is 5.78 Å². The van der Waals surface area contributed by atoms with Crippen molar-refractivity contribution in [2.75, 3.05) is 20.2 Å². The maximum atomic E-state index is 12.4. The van der Waals surface area contributed by atoms with E-state index in [9.17, 15) is 9.59 Å². The standard InChI is InChI=1S/C15H19NO3/c1-11-9-13(3-4-14(11)19-2)15(18)12-5-7-16(10-17)8-6-12/h3-4,9-10,12H,5-8H2,1-2H3. The molecule has 1 aliphatic rings. The van der Waals surface area contributed by atoms with Crippen molar-refractivity contribution in [3.8, 4) is 5.75 Å². The molecule has 1 amide bonds. The maximum Gasteiger partial charge on any atom is 0.209 e. The van der Waals surface area contributed by atoms with E-state index >= 15 is 0 Å². The first-order valence-corrected chi connectivity index (χ1v) is 6.54. The van der Waals surface area contributed by atoms with Crippen LogP contribution in [0, 0.1) is 12.8 Å². The Labute approximate surface area is 113 Å².